The van der Waals surface area contributed by atoms with Crippen molar-refractivity contribution in [1.82, 2.24) is 0 Å². The van der Waals surface area contributed by atoms with E-state index in [0.717, 1.165) is 17.9 Å². The summed E-state index contributed by atoms with van der Waals surface area (Å²) in [6.07, 6.45) is 6.61. The molecule has 3 heteroatoms. The van der Waals surface area contributed by atoms with Crippen LogP contribution < -0.4 is 5.32 Å². The second-order valence-corrected chi connectivity index (χ2v) is 5.07. The van der Waals surface area contributed by atoms with Crippen LogP contribution in [0, 0.1) is 6.92 Å². The van der Waals surface area contributed by atoms with Crippen LogP contribution in [-0.4, -0.2) is 5.91 Å². The normalized spacial score (nSPS) is 11.0. The molecule has 1 N–H and O–H groups in total. The summed E-state index contributed by atoms with van der Waals surface area (Å²) in [5.74, 6) is 1.35. The molecule has 0 atom stereocenters. The van der Waals surface area contributed by atoms with E-state index in [-0.39, 0.29) is 5.91 Å². The molecule has 0 fully saturated rings. The van der Waals surface area contributed by atoms with Gasteiger partial charge in [0.2, 0.25) is 5.91 Å². The third-order valence-electron chi connectivity index (χ3n) is 3.20. The first-order valence-corrected chi connectivity index (χ1v) is 7.32. The molecule has 0 radical (unpaired) electrons. The van der Waals surface area contributed by atoms with Gasteiger partial charge in [-0.05, 0) is 55.7 Å². The van der Waals surface area contributed by atoms with Crippen LogP contribution >= 0.6 is 0 Å². The van der Waals surface area contributed by atoms with Crippen LogP contribution in [0.15, 0.2) is 46.9 Å². The van der Waals surface area contributed by atoms with Crippen molar-refractivity contribution >= 4 is 17.7 Å². The molecule has 1 amide bonds. The summed E-state index contributed by atoms with van der Waals surface area (Å²) in [7, 11) is 0. The Bertz CT molecular complexity index is 608. The molecule has 0 saturated heterocycles. The molecule has 0 bridgehead atoms. The van der Waals surface area contributed by atoms with Gasteiger partial charge in [0, 0.05) is 11.8 Å². The number of furan rings is 1. The van der Waals surface area contributed by atoms with Crippen molar-refractivity contribution in [1.29, 1.82) is 0 Å². The van der Waals surface area contributed by atoms with Gasteiger partial charge in [0.15, 0.2) is 0 Å². The fourth-order valence-corrected chi connectivity index (χ4v) is 2.02. The van der Waals surface area contributed by atoms with Gasteiger partial charge in [-0.2, -0.15) is 0 Å². The molecule has 0 saturated carbocycles. The van der Waals surface area contributed by atoms with E-state index in [9.17, 15) is 4.79 Å². The van der Waals surface area contributed by atoms with Crippen LogP contribution in [0.1, 0.15) is 36.8 Å². The Morgan fingerprint density at radius 3 is 2.57 bits per heavy atom. The van der Waals surface area contributed by atoms with Gasteiger partial charge in [-0.25, -0.2) is 0 Å². The number of carbonyl (C=O) groups excluding carboxylic acids is 1. The average Bonchev–Trinajstić information content (AvgIpc) is 2.90. The van der Waals surface area contributed by atoms with Gasteiger partial charge in [-0.3, -0.25) is 4.79 Å². The monoisotopic (exact) mass is 283 g/mol. The Kier molecular flexibility index (Phi) is 5.38. The minimum Gasteiger partial charge on any atom is -0.462 e. The highest BCUT2D eigenvalue weighted by Crippen LogP contribution is 2.12. The summed E-state index contributed by atoms with van der Waals surface area (Å²) >= 11 is 0. The topological polar surface area (TPSA) is 42.2 Å². The lowest BCUT2D eigenvalue weighted by Gasteiger charge is -2.04. The Morgan fingerprint density at radius 1 is 1.19 bits per heavy atom. The van der Waals surface area contributed by atoms with Gasteiger partial charge in [0.05, 0.1) is 0 Å². The SMILES string of the molecule is CCCCc1ccc(NC(=O)/C=C\c2ccc(C)o2)cc1. The van der Waals surface area contributed by atoms with Crippen molar-refractivity contribution < 1.29 is 9.21 Å². The van der Waals surface area contributed by atoms with Crippen molar-refractivity contribution in [2.45, 2.75) is 33.1 Å². The summed E-state index contributed by atoms with van der Waals surface area (Å²) < 4.78 is 5.37. The number of carbonyl (C=O) groups is 1. The maximum absolute atomic E-state index is 11.8. The van der Waals surface area contributed by atoms with E-state index < -0.39 is 0 Å². The first kappa shape index (κ1) is 15.1. The third kappa shape index (κ3) is 4.95. The maximum Gasteiger partial charge on any atom is 0.248 e. The fourth-order valence-electron chi connectivity index (χ4n) is 2.02. The highest BCUT2D eigenvalue weighted by molar-refractivity contribution is 6.01. The first-order chi connectivity index (χ1) is 10.2. The van der Waals surface area contributed by atoms with Crippen molar-refractivity contribution in [3.8, 4) is 0 Å². The molecule has 2 rings (SSSR count). The van der Waals surface area contributed by atoms with Crippen LogP contribution in [0.2, 0.25) is 0 Å². The number of nitrogens with one attached hydrogen (secondary N) is 1. The Morgan fingerprint density at radius 2 is 1.95 bits per heavy atom. The lowest BCUT2D eigenvalue weighted by atomic mass is 10.1. The van der Waals surface area contributed by atoms with E-state index in [2.05, 4.69) is 24.4 Å². The number of anilines is 1. The summed E-state index contributed by atoms with van der Waals surface area (Å²) in [6, 6.07) is 11.7. The van der Waals surface area contributed by atoms with E-state index in [4.69, 9.17) is 4.42 Å². The molecule has 1 aromatic carbocycles. The number of hydrogen-bond donors (Lipinski definition) is 1. The molecular weight excluding hydrogens is 262 g/mol. The number of rotatable bonds is 6. The molecule has 0 aliphatic rings. The first-order valence-electron chi connectivity index (χ1n) is 7.32. The summed E-state index contributed by atoms with van der Waals surface area (Å²) in [4.78, 5) is 11.8. The summed E-state index contributed by atoms with van der Waals surface area (Å²) in [6.45, 7) is 4.05. The highest BCUT2D eigenvalue weighted by atomic mass is 16.3. The number of unbranched alkanes of at least 4 members (excludes halogenated alkanes) is 1. The predicted molar refractivity (Wildman–Crippen MR) is 86.2 cm³/mol. The van der Waals surface area contributed by atoms with Gasteiger partial charge < -0.3 is 9.73 Å². The Labute approximate surface area is 125 Å². The van der Waals surface area contributed by atoms with Crippen LogP contribution in [0.4, 0.5) is 5.69 Å². The lowest BCUT2D eigenvalue weighted by molar-refractivity contribution is -0.111. The summed E-state index contributed by atoms with van der Waals surface area (Å²) in [5, 5.41) is 2.83. The molecule has 2 aromatic rings. The number of aryl methyl sites for hydroxylation is 2. The van der Waals surface area contributed by atoms with Crippen LogP contribution in [0.25, 0.3) is 6.08 Å². The van der Waals surface area contributed by atoms with Gasteiger partial charge in [-0.1, -0.05) is 25.5 Å². The molecule has 0 aliphatic heterocycles. The molecule has 1 aromatic heterocycles. The molecular formula is C18H21NO2. The number of benzene rings is 1. The van der Waals surface area contributed by atoms with Crippen LogP contribution in [0.5, 0.6) is 0 Å². The average molecular weight is 283 g/mol. The molecule has 0 unspecified atom stereocenters. The minimum absolute atomic E-state index is 0.162. The van der Waals surface area contributed by atoms with Gasteiger partial charge in [0.25, 0.3) is 0 Å². The van der Waals surface area contributed by atoms with Crippen molar-refractivity contribution in [2.75, 3.05) is 5.32 Å². The molecule has 3 nitrogen and oxygen atoms in total. The Balaban J connectivity index is 1.88. The highest BCUT2D eigenvalue weighted by Gasteiger charge is 2.00. The van der Waals surface area contributed by atoms with Gasteiger partial charge in [-0.15, -0.1) is 0 Å². The Hall–Kier alpha value is -2.29. The predicted octanol–water partition coefficient (Wildman–Crippen LogP) is 4.58. The third-order valence-corrected chi connectivity index (χ3v) is 3.20. The van der Waals surface area contributed by atoms with E-state index in [0.29, 0.717) is 5.76 Å². The zero-order chi connectivity index (χ0) is 15.1. The zero-order valence-corrected chi connectivity index (χ0v) is 12.6. The number of amides is 1. The second-order valence-electron chi connectivity index (χ2n) is 5.07. The second kappa shape index (κ2) is 7.48. The van der Waals surface area contributed by atoms with Crippen molar-refractivity contribution in [2.24, 2.45) is 0 Å². The van der Waals surface area contributed by atoms with E-state index >= 15 is 0 Å². The molecule has 1 heterocycles. The summed E-state index contributed by atoms with van der Waals surface area (Å²) in [5.41, 5.74) is 2.11. The van der Waals surface area contributed by atoms with Gasteiger partial charge in [0.1, 0.15) is 11.5 Å². The molecule has 0 spiro atoms. The van der Waals surface area contributed by atoms with Gasteiger partial charge >= 0.3 is 0 Å². The van der Waals surface area contributed by atoms with E-state index in [1.165, 1.54) is 24.5 Å². The van der Waals surface area contributed by atoms with Crippen LogP contribution in [0.3, 0.4) is 0 Å². The van der Waals surface area contributed by atoms with Crippen molar-refractivity contribution in [3.05, 3.63) is 59.6 Å². The van der Waals surface area contributed by atoms with E-state index in [1.54, 1.807) is 6.08 Å². The quantitative estimate of drug-likeness (QED) is 0.788. The largest absolute Gasteiger partial charge is 0.462 e. The van der Waals surface area contributed by atoms with E-state index in [1.807, 2.05) is 31.2 Å². The standard InChI is InChI=1S/C18H21NO2/c1-3-4-5-15-7-9-16(10-8-15)19-18(20)13-12-17-11-6-14(2)21-17/h6-13H,3-5H2,1-2H3,(H,19,20)/b13-12-. The molecule has 21 heavy (non-hydrogen) atoms. The maximum atomic E-state index is 11.8. The fraction of sp³-hybridized carbons (Fsp3) is 0.278. The smallest absolute Gasteiger partial charge is 0.248 e. The molecule has 0 aliphatic carbocycles. The van der Waals surface area contributed by atoms with Crippen LogP contribution in [-0.2, 0) is 11.2 Å². The lowest BCUT2D eigenvalue weighted by Crippen LogP contribution is -2.07. The minimum atomic E-state index is -0.162. The van der Waals surface area contributed by atoms with Crippen molar-refractivity contribution in [3.63, 3.8) is 0 Å². The zero-order valence-electron chi connectivity index (χ0n) is 12.6. The number of hydrogen-bond acceptors (Lipinski definition) is 2. The molecule has 110 valence electrons.